The van der Waals surface area contributed by atoms with Gasteiger partial charge < -0.3 is 9.84 Å². The van der Waals surface area contributed by atoms with Gasteiger partial charge in [-0.2, -0.15) is 5.10 Å². The molecule has 3 heterocycles. The van der Waals surface area contributed by atoms with Crippen LogP contribution in [0.25, 0.3) is 0 Å². The summed E-state index contributed by atoms with van der Waals surface area (Å²) in [5.41, 5.74) is 4.13. The van der Waals surface area contributed by atoms with Crippen molar-refractivity contribution in [2.75, 3.05) is 6.54 Å². The van der Waals surface area contributed by atoms with Gasteiger partial charge in [0.15, 0.2) is 0 Å². The van der Waals surface area contributed by atoms with Gasteiger partial charge in [-0.25, -0.2) is 0 Å². The van der Waals surface area contributed by atoms with Gasteiger partial charge in [-0.05, 0) is 44.6 Å². The number of carbonyl (C=O) groups is 1. The minimum Gasteiger partial charge on any atom is -0.350 e. The molecule has 0 unspecified atom stereocenters. The smallest absolute Gasteiger partial charge is 0.290 e. The van der Waals surface area contributed by atoms with Crippen LogP contribution in [0.1, 0.15) is 78.1 Å². The number of nitrogens with zero attached hydrogens (tertiary/aromatic N) is 4. The molecular formula is C21H29N5O2. The number of hydrogen-bond acceptors (Lipinski definition) is 5. The number of carbonyl (C=O) groups excluding carboxylic acids is 1. The zero-order chi connectivity index (χ0) is 18.9. The Hall–Kier alpha value is -2.15. The molecule has 2 aromatic heterocycles. The summed E-state index contributed by atoms with van der Waals surface area (Å²) in [6.07, 6.45) is 10.8. The van der Waals surface area contributed by atoms with Crippen molar-refractivity contribution in [3.63, 3.8) is 0 Å². The minimum atomic E-state index is -0.176. The van der Waals surface area contributed by atoms with Gasteiger partial charge in [-0.1, -0.05) is 24.4 Å². The van der Waals surface area contributed by atoms with Gasteiger partial charge in [0.05, 0.1) is 30.2 Å². The molecule has 7 heteroatoms. The van der Waals surface area contributed by atoms with Crippen LogP contribution in [0.4, 0.5) is 0 Å². The predicted molar refractivity (Wildman–Crippen MR) is 104 cm³/mol. The molecule has 7 nitrogen and oxygen atoms in total. The Labute approximate surface area is 165 Å². The third-order valence-corrected chi connectivity index (χ3v) is 6.57. The summed E-state index contributed by atoms with van der Waals surface area (Å²) in [6, 6.07) is 2.88. The van der Waals surface area contributed by atoms with Gasteiger partial charge in [-0.15, -0.1) is 0 Å². The molecule has 0 bridgehead atoms. The van der Waals surface area contributed by atoms with E-state index < -0.39 is 0 Å². The topological polar surface area (TPSA) is 76.2 Å². The Morgan fingerprint density at radius 2 is 2.00 bits per heavy atom. The Morgan fingerprint density at radius 1 is 1.14 bits per heavy atom. The fourth-order valence-corrected chi connectivity index (χ4v) is 5.01. The van der Waals surface area contributed by atoms with E-state index in [2.05, 4.69) is 26.1 Å². The third-order valence-electron chi connectivity index (χ3n) is 6.57. The molecule has 2 aliphatic carbocycles. The molecule has 0 atom stereocenters. The van der Waals surface area contributed by atoms with Gasteiger partial charge in [-0.3, -0.25) is 14.4 Å². The van der Waals surface area contributed by atoms with Gasteiger partial charge in [0, 0.05) is 24.7 Å². The number of amides is 1. The van der Waals surface area contributed by atoms with Crippen molar-refractivity contribution in [3.05, 3.63) is 34.5 Å². The van der Waals surface area contributed by atoms with Crippen LogP contribution < -0.4 is 5.32 Å². The molecule has 0 aromatic carbocycles. The number of rotatable bonds is 4. The lowest BCUT2D eigenvalue weighted by Crippen LogP contribution is -2.42. The quantitative estimate of drug-likeness (QED) is 0.879. The highest BCUT2D eigenvalue weighted by molar-refractivity contribution is 5.93. The number of aromatic nitrogens is 3. The summed E-state index contributed by atoms with van der Waals surface area (Å²) in [5.74, 6) is 0.215. The van der Waals surface area contributed by atoms with Crippen molar-refractivity contribution >= 4 is 5.91 Å². The second-order valence-electron chi connectivity index (χ2n) is 8.44. The first kappa shape index (κ1) is 17.9. The van der Waals surface area contributed by atoms with Gasteiger partial charge in [0.25, 0.3) is 5.91 Å². The first-order valence-electron chi connectivity index (χ1n) is 10.8. The summed E-state index contributed by atoms with van der Waals surface area (Å²) in [6.45, 7) is 3.42. The Morgan fingerprint density at radius 3 is 2.89 bits per heavy atom. The van der Waals surface area contributed by atoms with Crippen LogP contribution in [0.3, 0.4) is 0 Å². The molecule has 1 amide bonds. The molecular weight excluding hydrogens is 354 g/mol. The van der Waals surface area contributed by atoms with E-state index in [0.29, 0.717) is 12.3 Å². The molecule has 1 fully saturated rings. The Kier molecular flexibility index (Phi) is 4.93. The average Bonchev–Trinajstić information content (AvgIpc) is 3.36. The molecule has 0 radical (unpaired) electrons. The number of nitrogens with one attached hydrogen (secondary N) is 1. The van der Waals surface area contributed by atoms with E-state index in [9.17, 15) is 4.79 Å². The average molecular weight is 383 g/mol. The Balaban J connectivity index is 1.21. The second-order valence-corrected chi connectivity index (χ2v) is 8.44. The summed E-state index contributed by atoms with van der Waals surface area (Å²) in [7, 11) is 0. The van der Waals surface area contributed by atoms with E-state index >= 15 is 0 Å². The zero-order valence-corrected chi connectivity index (χ0v) is 16.5. The largest absolute Gasteiger partial charge is 0.350 e. The van der Waals surface area contributed by atoms with Crippen LogP contribution in [-0.2, 0) is 32.5 Å². The van der Waals surface area contributed by atoms with Gasteiger partial charge in [0.2, 0.25) is 5.76 Å². The monoisotopic (exact) mass is 383 g/mol. The number of hydrogen-bond donors (Lipinski definition) is 1. The molecule has 1 N–H and O–H groups in total. The van der Waals surface area contributed by atoms with Crippen LogP contribution in [0, 0.1) is 0 Å². The zero-order valence-electron chi connectivity index (χ0n) is 16.5. The highest BCUT2D eigenvalue weighted by Gasteiger charge is 2.27. The SMILES string of the molecule is O=C(NCc1cc2n(n1)CCN(C1CCCCC1)C2)c1onc2c1CCCC2. The molecule has 28 heavy (non-hydrogen) atoms. The normalized spacial score (nSPS) is 20.6. The maximum Gasteiger partial charge on any atom is 0.290 e. The van der Waals surface area contributed by atoms with Crippen molar-refractivity contribution in [1.29, 1.82) is 0 Å². The maximum absolute atomic E-state index is 12.6. The summed E-state index contributed by atoms with van der Waals surface area (Å²) in [5, 5.41) is 11.8. The molecule has 0 spiro atoms. The Bertz CT molecular complexity index is 849. The predicted octanol–water partition coefficient (Wildman–Crippen LogP) is 2.83. The number of fused-ring (bicyclic) bond motifs is 2. The maximum atomic E-state index is 12.6. The van der Waals surface area contributed by atoms with E-state index in [1.165, 1.54) is 37.8 Å². The van der Waals surface area contributed by atoms with Gasteiger partial charge in [0.1, 0.15) is 0 Å². The van der Waals surface area contributed by atoms with E-state index in [0.717, 1.165) is 68.3 Å². The van der Waals surface area contributed by atoms with Crippen molar-refractivity contribution in [2.45, 2.75) is 83.5 Å². The first-order chi connectivity index (χ1) is 13.8. The molecule has 3 aliphatic rings. The molecule has 2 aromatic rings. The lowest BCUT2D eigenvalue weighted by atomic mass is 9.94. The minimum absolute atomic E-state index is 0.176. The van der Waals surface area contributed by atoms with Crippen LogP contribution in [-0.4, -0.2) is 38.3 Å². The lowest BCUT2D eigenvalue weighted by molar-refractivity contribution is 0.0912. The molecule has 1 aliphatic heterocycles. The van der Waals surface area contributed by atoms with Crippen LogP contribution >= 0.6 is 0 Å². The molecule has 150 valence electrons. The van der Waals surface area contributed by atoms with E-state index in [4.69, 9.17) is 9.62 Å². The lowest BCUT2D eigenvalue weighted by Gasteiger charge is -2.36. The van der Waals surface area contributed by atoms with E-state index in [1.54, 1.807) is 0 Å². The van der Waals surface area contributed by atoms with Crippen LogP contribution in [0.15, 0.2) is 10.6 Å². The highest BCUT2D eigenvalue weighted by Crippen LogP contribution is 2.26. The standard InChI is InChI=1S/C21H29N5O2/c27-21(20-18-8-4-5-9-19(18)24-28-20)22-13-15-12-17-14-25(10-11-26(17)23-15)16-6-2-1-3-7-16/h12,16H,1-11,13-14H2,(H,22,27). The molecule has 0 saturated heterocycles. The van der Waals surface area contributed by atoms with Crippen molar-refractivity contribution in [3.8, 4) is 0 Å². The van der Waals surface area contributed by atoms with Crippen LogP contribution in [0.2, 0.25) is 0 Å². The van der Waals surface area contributed by atoms with E-state index in [-0.39, 0.29) is 5.91 Å². The van der Waals surface area contributed by atoms with Crippen molar-refractivity contribution < 1.29 is 9.32 Å². The highest BCUT2D eigenvalue weighted by atomic mass is 16.5. The van der Waals surface area contributed by atoms with Crippen molar-refractivity contribution in [2.24, 2.45) is 0 Å². The summed E-state index contributed by atoms with van der Waals surface area (Å²) >= 11 is 0. The fourth-order valence-electron chi connectivity index (χ4n) is 5.01. The third kappa shape index (κ3) is 3.48. The van der Waals surface area contributed by atoms with E-state index in [1.807, 2.05) is 0 Å². The van der Waals surface area contributed by atoms with Crippen molar-refractivity contribution in [1.82, 2.24) is 25.2 Å². The van der Waals surface area contributed by atoms with Crippen LogP contribution in [0.5, 0.6) is 0 Å². The summed E-state index contributed by atoms with van der Waals surface area (Å²) < 4.78 is 7.44. The first-order valence-corrected chi connectivity index (χ1v) is 10.8. The summed E-state index contributed by atoms with van der Waals surface area (Å²) in [4.78, 5) is 15.2. The molecule has 5 rings (SSSR count). The molecule has 1 saturated carbocycles. The van der Waals surface area contributed by atoms with Gasteiger partial charge >= 0.3 is 0 Å². The number of aryl methyl sites for hydroxylation is 1. The second kappa shape index (κ2) is 7.70. The fraction of sp³-hybridized carbons (Fsp3) is 0.667.